The lowest BCUT2D eigenvalue weighted by atomic mass is 10.1. The Bertz CT molecular complexity index is 1170. The van der Waals surface area contributed by atoms with Gasteiger partial charge in [-0.2, -0.15) is 4.31 Å². The van der Waals surface area contributed by atoms with Crippen LogP contribution in [0.3, 0.4) is 0 Å². The minimum atomic E-state index is -3.53. The maximum absolute atomic E-state index is 13.2. The lowest BCUT2D eigenvalue weighted by molar-refractivity contribution is 0.383. The van der Waals surface area contributed by atoms with Gasteiger partial charge in [0.2, 0.25) is 10.0 Å². The number of imidazole rings is 1. The van der Waals surface area contributed by atoms with E-state index in [1.807, 2.05) is 50.6 Å². The molecule has 0 atom stereocenters. The van der Waals surface area contributed by atoms with E-state index in [9.17, 15) is 8.42 Å². The Kier molecular flexibility index (Phi) is 5.33. The second-order valence-corrected chi connectivity index (χ2v) is 9.60. The summed E-state index contributed by atoms with van der Waals surface area (Å²) >= 11 is 0. The van der Waals surface area contributed by atoms with Crippen LogP contribution in [0.4, 0.5) is 5.82 Å². The molecule has 158 valence electrons. The van der Waals surface area contributed by atoms with E-state index in [1.165, 1.54) is 0 Å². The molecule has 0 bridgehead atoms. The van der Waals surface area contributed by atoms with Crippen LogP contribution < -0.4 is 4.90 Å². The maximum atomic E-state index is 13.2. The highest BCUT2D eigenvalue weighted by Gasteiger charge is 2.30. The van der Waals surface area contributed by atoms with E-state index in [-0.39, 0.29) is 0 Å². The zero-order valence-electron chi connectivity index (χ0n) is 17.7. The van der Waals surface area contributed by atoms with Gasteiger partial charge in [-0.25, -0.2) is 23.4 Å². The van der Waals surface area contributed by atoms with Crippen LogP contribution in [0.2, 0.25) is 0 Å². The molecule has 3 aromatic rings. The molecule has 0 radical (unpaired) electrons. The van der Waals surface area contributed by atoms with E-state index in [0.29, 0.717) is 36.9 Å². The first-order valence-corrected chi connectivity index (χ1v) is 11.4. The highest BCUT2D eigenvalue weighted by molar-refractivity contribution is 7.89. The van der Waals surface area contributed by atoms with Crippen LogP contribution in [0.15, 0.2) is 41.8 Å². The molecule has 0 amide bonds. The molecule has 1 fully saturated rings. The van der Waals surface area contributed by atoms with E-state index in [0.717, 1.165) is 28.3 Å². The zero-order valence-corrected chi connectivity index (χ0v) is 18.5. The fourth-order valence-electron chi connectivity index (χ4n) is 3.73. The number of aryl methyl sites for hydroxylation is 4. The summed E-state index contributed by atoms with van der Waals surface area (Å²) in [6, 6.07) is 5.64. The third-order valence-corrected chi connectivity index (χ3v) is 7.59. The normalized spacial score (nSPS) is 15.5. The van der Waals surface area contributed by atoms with Crippen molar-refractivity contribution in [1.29, 1.82) is 0 Å². The zero-order chi connectivity index (χ0) is 21.5. The third-order valence-electron chi connectivity index (χ3n) is 5.55. The Morgan fingerprint density at radius 3 is 2.17 bits per heavy atom. The molecular weight excluding hydrogens is 400 g/mol. The van der Waals surface area contributed by atoms with E-state index >= 15 is 0 Å². The van der Waals surface area contributed by atoms with Gasteiger partial charge in [0, 0.05) is 44.6 Å². The highest BCUT2D eigenvalue weighted by Crippen LogP contribution is 2.25. The standard InChI is InChI=1S/C21H26N6O2S/c1-15-11-17(3)19(12-16(15)2)30(28,29)27-9-7-25(8-10-27)20-13-21(24-18(4)23-20)26-6-5-22-14-26/h5-6,11-14H,7-10H2,1-4H3. The molecule has 1 aliphatic heterocycles. The molecule has 0 aliphatic carbocycles. The van der Waals surface area contributed by atoms with Crippen LogP contribution in [0.25, 0.3) is 5.82 Å². The molecule has 0 N–H and O–H groups in total. The van der Waals surface area contributed by atoms with Crippen molar-refractivity contribution in [2.75, 3.05) is 31.1 Å². The molecule has 4 rings (SSSR count). The lowest BCUT2D eigenvalue weighted by Crippen LogP contribution is -2.49. The molecule has 0 saturated carbocycles. The number of benzene rings is 1. The molecule has 1 aliphatic rings. The van der Waals surface area contributed by atoms with Gasteiger partial charge in [-0.3, -0.25) is 4.57 Å². The largest absolute Gasteiger partial charge is 0.354 e. The van der Waals surface area contributed by atoms with Crippen molar-refractivity contribution in [2.24, 2.45) is 0 Å². The molecule has 9 heteroatoms. The molecule has 1 aromatic carbocycles. The van der Waals surface area contributed by atoms with Gasteiger partial charge in [-0.1, -0.05) is 6.07 Å². The Hall–Kier alpha value is -2.78. The summed E-state index contributed by atoms with van der Waals surface area (Å²) in [5.74, 6) is 2.21. The van der Waals surface area contributed by atoms with Crippen molar-refractivity contribution in [2.45, 2.75) is 32.6 Å². The SMILES string of the molecule is Cc1nc(N2CCN(S(=O)(=O)c3cc(C)c(C)cc3C)CC2)cc(-n2ccnc2)n1. The first-order valence-electron chi connectivity index (χ1n) is 9.92. The fourth-order valence-corrected chi connectivity index (χ4v) is 5.45. The van der Waals surface area contributed by atoms with Crippen LogP contribution in [-0.4, -0.2) is 58.4 Å². The first kappa shape index (κ1) is 20.5. The quantitative estimate of drug-likeness (QED) is 0.637. The summed E-state index contributed by atoms with van der Waals surface area (Å²) in [4.78, 5) is 15.6. The summed E-state index contributed by atoms with van der Waals surface area (Å²) in [5.41, 5.74) is 2.88. The molecular formula is C21H26N6O2S. The third kappa shape index (κ3) is 3.82. The second kappa shape index (κ2) is 7.81. The predicted octanol–water partition coefficient (Wildman–Crippen LogP) is 2.41. The molecule has 0 spiro atoms. The van der Waals surface area contributed by atoms with Crippen molar-refractivity contribution in [3.05, 3.63) is 59.4 Å². The van der Waals surface area contributed by atoms with E-state index in [1.54, 1.807) is 22.9 Å². The van der Waals surface area contributed by atoms with Crippen molar-refractivity contribution < 1.29 is 8.42 Å². The van der Waals surface area contributed by atoms with E-state index < -0.39 is 10.0 Å². The molecule has 1 saturated heterocycles. The van der Waals surface area contributed by atoms with Crippen LogP contribution in [0.1, 0.15) is 22.5 Å². The van der Waals surface area contributed by atoms with Crippen molar-refractivity contribution >= 4 is 15.8 Å². The predicted molar refractivity (Wildman–Crippen MR) is 116 cm³/mol. The number of aromatic nitrogens is 4. The smallest absolute Gasteiger partial charge is 0.243 e. The Balaban J connectivity index is 1.54. The first-order chi connectivity index (χ1) is 14.3. The Labute approximate surface area is 177 Å². The number of sulfonamides is 1. The summed E-state index contributed by atoms with van der Waals surface area (Å²) in [5, 5.41) is 0. The van der Waals surface area contributed by atoms with Gasteiger partial charge >= 0.3 is 0 Å². The number of anilines is 1. The molecule has 30 heavy (non-hydrogen) atoms. The van der Waals surface area contributed by atoms with Crippen LogP contribution in [0.5, 0.6) is 0 Å². The molecule has 0 unspecified atom stereocenters. The average Bonchev–Trinajstić information content (AvgIpc) is 3.25. The second-order valence-electron chi connectivity index (χ2n) is 7.69. The fraction of sp³-hybridized carbons (Fsp3) is 0.381. The van der Waals surface area contributed by atoms with Crippen LogP contribution in [0, 0.1) is 27.7 Å². The monoisotopic (exact) mass is 426 g/mol. The van der Waals surface area contributed by atoms with Crippen molar-refractivity contribution in [1.82, 2.24) is 23.8 Å². The number of nitrogens with zero attached hydrogens (tertiary/aromatic N) is 6. The van der Waals surface area contributed by atoms with Gasteiger partial charge in [0.05, 0.1) is 4.90 Å². The van der Waals surface area contributed by atoms with Gasteiger partial charge in [-0.15, -0.1) is 0 Å². The summed E-state index contributed by atoms with van der Waals surface area (Å²) in [7, 11) is -3.53. The number of piperazine rings is 1. The summed E-state index contributed by atoms with van der Waals surface area (Å²) in [6.45, 7) is 9.63. The van der Waals surface area contributed by atoms with Gasteiger partial charge in [0.15, 0.2) is 0 Å². The molecule has 3 heterocycles. The van der Waals surface area contributed by atoms with Gasteiger partial charge in [-0.05, 0) is 50.5 Å². The molecule has 8 nitrogen and oxygen atoms in total. The van der Waals surface area contributed by atoms with Gasteiger partial charge in [0.25, 0.3) is 0 Å². The minimum absolute atomic E-state index is 0.402. The average molecular weight is 427 g/mol. The van der Waals surface area contributed by atoms with Gasteiger partial charge in [0.1, 0.15) is 23.8 Å². The van der Waals surface area contributed by atoms with Crippen molar-refractivity contribution in [3.8, 4) is 5.82 Å². The lowest BCUT2D eigenvalue weighted by Gasteiger charge is -2.35. The van der Waals surface area contributed by atoms with Gasteiger partial charge < -0.3 is 4.90 Å². The van der Waals surface area contributed by atoms with Crippen LogP contribution >= 0.6 is 0 Å². The van der Waals surface area contributed by atoms with E-state index in [2.05, 4.69) is 19.9 Å². The minimum Gasteiger partial charge on any atom is -0.354 e. The summed E-state index contributed by atoms with van der Waals surface area (Å²) < 4.78 is 29.9. The molecule has 2 aromatic heterocycles. The topological polar surface area (TPSA) is 84.2 Å². The van der Waals surface area contributed by atoms with Crippen molar-refractivity contribution in [3.63, 3.8) is 0 Å². The number of hydrogen-bond donors (Lipinski definition) is 0. The Morgan fingerprint density at radius 1 is 0.833 bits per heavy atom. The summed E-state index contributed by atoms with van der Waals surface area (Å²) in [6.07, 6.45) is 5.24. The van der Waals surface area contributed by atoms with E-state index in [4.69, 9.17) is 0 Å². The maximum Gasteiger partial charge on any atom is 0.243 e. The Morgan fingerprint density at radius 2 is 1.50 bits per heavy atom. The number of rotatable bonds is 4. The number of hydrogen-bond acceptors (Lipinski definition) is 6. The van der Waals surface area contributed by atoms with Crippen LogP contribution in [-0.2, 0) is 10.0 Å². The highest BCUT2D eigenvalue weighted by atomic mass is 32.2.